The molecule has 0 atom stereocenters. The summed E-state index contributed by atoms with van der Waals surface area (Å²) < 4.78 is 23.2. The first-order valence-electron chi connectivity index (χ1n) is 9.55. The van der Waals surface area contributed by atoms with E-state index in [9.17, 15) is 18.0 Å². The Hall–Kier alpha value is -3.25. The lowest BCUT2D eigenvalue weighted by Crippen LogP contribution is -2.16. The van der Waals surface area contributed by atoms with E-state index in [2.05, 4.69) is 46.8 Å². The van der Waals surface area contributed by atoms with Crippen LogP contribution in [0, 0.1) is 0 Å². The Labute approximate surface area is 191 Å². The van der Waals surface area contributed by atoms with Crippen LogP contribution < -0.4 is 21.5 Å². The zero-order chi connectivity index (χ0) is 22.9. The van der Waals surface area contributed by atoms with Crippen molar-refractivity contribution in [3.63, 3.8) is 0 Å². The van der Waals surface area contributed by atoms with Gasteiger partial charge in [-0.1, -0.05) is 0 Å². The molecule has 0 saturated heterocycles. The molecule has 10 nitrogen and oxygen atoms in total. The van der Waals surface area contributed by atoms with E-state index in [1.807, 2.05) is 18.2 Å². The zero-order valence-corrected chi connectivity index (χ0v) is 19.3. The van der Waals surface area contributed by atoms with E-state index in [0.29, 0.717) is 28.4 Å². The zero-order valence-electron chi connectivity index (χ0n) is 16.9. The number of hydrogen-bond acceptors (Lipinski definition) is 8. The van der Waals surface area contributed by atoms with Gasteiger partial charge in [0.2, 0.25) is 11.9 Å². The largest absolute Gasteiger partial charge is 0.335 e. The van der Waals surface area contributed by atoms with E-state index in [-0.39, 0.29) is 23.8 Å². The molecule has 0 unspecified atom stereocenters. The number of carbonyl (C=O) groups excluding carboxylic acids is 1. The molecule has 32 heavy (non-hydrogen) atoms. The third kappa shape index (κ3) is 5.32. The molecule has 1 aliphatic heterocycles. The Morgan fingerprint density at radius 1 is 1.16 bits per heavy atom. The fraction of sp³-hybridized carbons (Fsp3) is 0.200. The van der Waals surface area contributed by atoms with Crippen molar-refractivity contribution in [3.05, 3.63) is 62.6 Å². The standard InChI is InChI=1S/C20H19BrN6O4S/c1-32(30,31)7-6-12-2-5-16(19(29)23-12)26-18-14(21)10-22-20(27-18)24-13-3-4-15-11(8-13)9-17(28)25-15/h2-5,8,10H,6-7,9H2,1H3,(H,23,29)(H,25,28)(H2,22,24,26,27). The van der Waals surface area contributed by atoms with Gasteiger partial charge in [-0.15, -0.1) is 0 Å². The SMILES string of the molecule is CS(=O)(=O)CCc1ccc(Nc2nc(Nc3ccc4c(c3)CC(=O)N4)ncc2Br)c(=O)[nH]1. The van der Waals surface area contributed by atoms with Crippen LogP contribution >= 0.6 is 15.9 Å². The first-order chi connectivity index (χ1) is 15.2. The molecule has 1 aliphatic rings. The van der Waals surface area contributed by atoms with Gasteiger partial charge in [0.15, 0.2) is 5.82 Å². The second kappa shape index (κ2) is 8.71. The van der Waals surface area contributed by atoms with Gasteiger partial charge in [-0.05, 0) is 51.8 Å². The third-order valence-corrected chi connectivity index (χ3v) is 6.22. The quantitative estimate of drug-likeness (QED) is 0.373. The van der Waals surface area contributed by atoms with Crippen LogP contribution in [0.15, 0.2) is 45.8 Å². The predicted octanol–water partition coefficient (Wildman–Crippen LogP) is 2.50. The van der Waals surface area contributed by atoms with Crippen LogP contribution in [0.3, 0.4) is 0 Å². The lowest BCUT2D eigenvalue weighted by molar-refractivity contribution is -0.115. The molecule has 3 aromatic rings. The van der Waals surface area contributed by atoms with E-state index in [1.54, 1.807) is 18.3 Å². The lowest BCUT2D eigenvalue weighted by Gasteiger charge is -2.11. The van der Waals surface area contributed by atoms with Gasteiger partial charge < -0.3 is 20.9 Å². The van der Waals surface area contributed by atoms with Crippen molar-refractivity contribution in [3.8, 4) is 0 Å². The highest BCUT2D eigenvalue weighted by Gasteiger charge is 2.18. The molecule has 1 amide bonds. The number of H-pyrrole nitrogens is 1. The first-order valence-corrected chi connectivity index (χ1v) is 12.4. The molecule has 0 spiro atoms. The normalized spacial score (nSPS) is 12.9. The van der Waals surface area contributed by atoms with Crippen molar-refractivity contribution in [2.24, 2.45) is 0 Å². The number of aromatic nitrogens is 3. The minimum Gasteiger partial charge on any atom is -0.335 e. The van der Waals surface area contributed by atoms with Crippen LogP contribution in [0.2, 0.25) is 0 Å². The van der Waals surface area contributed by atoms with Gasteiger partial charge in [0.25, 0.3) is 5.56 Å². The Bertz CT molecular complexity index is 1370. The maximum atomic E-state index is 12.4. The first kappa shape index (κ1) is 22.0. The second-order valence-electron chi connectivity index (χ2n) is 7.34. The lowest BCUT2D eigenvalue weighted by atomic mass is 10.1. The predicted molar refractivity (Wildman–Crippen MR) is 126 cm³/mol. The van der Waals surface area contributed by atoms with E-state index in [1.165, 1.54) is 0 Å². The monoisotopic (exact) mass is 518 g/mol. The molecule has 0 saturated carbocycles. The van der Waals surface area contributed by atoms with Gasteiger partial charge in [-0.2, -0.15) is 4.98 Å². The number of rotatable bonds is 7. The molecule has 4 rings (SSSR count). The van der Waals surface area contributed by atoms with Crippen molar-refractivity contribution in [2.75, 3.05) is 28.0 Å². The number of anilines is 5. The number of amides is 1. The van der Waals surface area contributed by atoms with E-state index in [0.717, 1.165) is 23.2 Å². The number of nitrogens with zero attached hydrogens (tertiary/aromatic N) is 2. The Morgan fingerprint density at radius 3 is 2.72 bits per heavy atom. The van der Waals surface area contributed by atoms with Gasteiger partial charge in [0, 0.05) is 35.9 Å². The average molecular weight is 519 g/mol. The van der Waals surface area contributed by atoms with Gasteiger partial charge >= 0.3 is 0 Å². The van der Waals surface area contributed by atoms with E-state index < -0.39 is 15.4 Å². The number of nitrogens with one attached hydrogen (secondary N) is 4. The summed E-state index contributed by atoms with van der Waals surface area (Å²) in [6, 6.07) is 8.70. The number of halogens is 1. The van der Waals surface area contributed by atoms with E-state index >= 15 is 0 Å². The van der Waals surface area contributed by atoms with Crippen molar-refractivity contribution in [1.82, 2.24) is 15.0 Å². The molecule has 0 fully saturated rings. The maximum absolute atomic E-state index is 12.4. The summed E-state index contributed by atoms with van der Waals surface area (Å²) in [5.74, 6) is 0.579. The highest BCUT2D eigenvalue weighted by Crippen LogP contribution is 2.28. The molecule has 4 N–H and O–H groups in total. The van der Waals surface area contributed by atoms with Crippen LogP contribution in [-0.4, -0.2) is 41.3 Å². The van der Waals surface area contributed by atoms with Crippen LogP contribution in [0.5, 0.6) is 0 Å². The van der Waals surface area contributed by atoms with Crippen LogP contribution in [0.25, 0.3) is 0 Å². The number of fused-ring (bicyclic) bond motifs is 1. The molecule has 166 valence electrons. The minimum absolute atomic E-state index is 0.0453. The maximum Gasteiger partial charge on any atom is 0.271 e. The fourth-order valence-corrected chi connectivity index (χ4v) is 4.01. The smallest absolute Gasteiger partial charge is 0.271 e. The van der Waals surface area contributed by atoms with Crippen LogP contribution in [0.1, 0.15) is 11.3 Å². The van der Waals surface area contributed by atoms with Gasteiger partial charge in [-0.3, -0.25) is 9.59 Å². The number of hydrogen-bond donors (Lipinski definition) is 4. The van der Waals surface area contributed by atoms with Crippen molar-refractivity contribution >= 4 is 60.5 Å². The summed E-state index contributed by atoms with van der Waals surface area (Å²) in [7, 11) is -3.12. The highest BCUT2D eigenvalue weighted by molar-refractivity contribution is 9.10. The summed E-state index contributed by atoms with van der Waals surface area (Å²) in [6.07, 6.45) is 3.24. The molecule has 3 heterocycles. The number of aromatic amines is 1. The molecular formula is C20H19BrN6O4S. The molecule has 2 aromatic heterocycles. The molecule has 12 heteroatoms. The van der Waals surface area contributed by atoms with Crippen LogP contribution in [-0.2, 0) is 27.5 Å². The number of carbonyl (C=O) groups is 1. The van der Waals surface area contributed by atoms with Gasteiger partial charge in [-0.25, -0.2) is 13.4 Å². The number of sulfone groups is 1. The minimum atomic E-state index is -3.12. The molecule has 0 radical (unpaired) electrons. The summed E-state index contributed by atoms with van der Waals surface area (Å²) in [6.45, 7) is 0. The Morgan fingerprint density at radius 2 is 1.97 bits per heavy atom. The average Bonchev–Trinajstić information content (AvgIpc) is 3.09. The Kier molecular flexibility index (Phi) is 5.98. The van der Waals surface area contributed by atoms with Gasteiger partial charge in [0.05, 0.1) is 16.6 Å². The van der Waals surface area contributed by atoms with Crippen molar-refractivity contribution in [2.45, 2.75) is 12.8 Å². The summed E-state index contributed by atoms with van der Waals surface area (Å²) >= 11 is 3.37. The summed E-state index contributed by atoms with van der Waals surface area (Å²) in [5, 5.41) is 8.83. The summed E-state index contributed by atoms with van der Waals surface area (Å²) in [4.78, 5) is 35.3. The summed E-state index contributed by atoms with van der Waals surface area (Å²) in [5.41, 5.74) is 2.78. The topological polar surface area (TPSA) is 146 Å². The van der Waals surface area contributed by atoms with E-state index in [4.69, 9.17) is 0 Å². The van der Waals surface area contributed by atoms with Gasteiger partial charge in [0.1, 0.15) is 15.5 Å². The van der Waals surface area contributed by atoms with Crippen molar-refractivity contribution < 1.29 is 13.2 Å². The number of benzene rings is 1. The number of aryl methyl sites for hydroxylation is 1. The fourth-order valence-electron chi connectivity index (χ4n) is 3.13. The second-order valence-corrected chi connectivity index (χ2v) is 10.5. The Balaban J connectivity index is 1.50. The van der Waals surface area contributed by atoms with Crippen LogP contribution in [0.4, 0.5) is 28.8 Å². The number of pyridine rings is 1. The third-order valence-electron chi connectivity index (χ3n) is 4.70. The van der Waals surface area contributed by atoms with Crippen molar-refractivity contribution in [1.29, 1.82) is 0 Å². The molecule has 0 bridgehead atoms. The molecule has 1 aromatic carbocycles. The highest BCUT2D eigenvalue weighted by atomic mass is 79.9. The molecule has 0 aliphatic carbocycles. The molecular weight excluding hydrogens is 500 g/mol.